The zero-order valence-corrected chi connectivity index (χ0v) is 15.0. The van der Waals surface area contributed by atoms with Gasteiger partial charge in [0.05, 0.1) is 25.7 Å². The van der Waals surface area contributed by atoms with Crippen LogP contribution in [0.15, 0.2) is 24.3 Å². The Morgan fingerprint density at radius 1 is 1.38 bits per heavy atom. The van der Waals surface area contributed by atoms with Crippen LogP contribution in [-0.2, 0) is 19.1 Å². The number of esters is 1. The van der Waals surface area contributed by atoms with Crippen LogP contribution in [0.25, 0.3) is 0 Å². The van der Waals surface area contributed by atoms with Crippen molar-refractivity contribution in [3.8, 4) is 0 Å². The highest BCUT2D eigenvalue weighted by Gasteiger charge is 2.30. The maximum Gasteiger partial charge on any atom is 0.314 e. The minimum absolute atomic E-state index is 0. The highest BCUT2D eigenvalue weighted by Crippen LogP contribution is 2.17. The number of aryl methyl sites for hydroxylation is 1. The van der Waals surface area contributed by atoms with E-state index in [0.717, 1.165) is 11.1 Å². The Balaban J connectivity index is 0.00000288. The summed E-state index contributed by atoms with van der Waals surface area (Å²) < 4.78 is 10.3. The molecule has 0 spiro atoms. The molecule has 1 unspecified atom stereocenters. The number of ether oxygens (including phenoxy) is 2. The number of nitrogens with one attached hydrogen (secondary N) is 2. The van der Waals surface area contributed by atoms with E-state index < -0.39 is 12.0 Å². The maximum absolute atomic E-state index is 12.3. The fourth-order valence-electron chi connectivity index (χ4n) is 2.62. The van der Waals surface area contributed by atoms with Gasteiger partial charge in [0, 0.05) is 13.1 Å². The van der Waals surface area contributed by atoms with Crippen molar-refractivity contribution in [1.82, 2.24) is 10.6 Å². The van der Waals surface area contributed by atoms with Gasteiger partial charge in [0.25, 0.3) is 0 Å². The standard InChI is InChI=1S/C17H24N2O4.ClH/c1-11-4-6-13(7-5-11)14(17(21)22-3)10-19-16(20)15-12(2)23-9-8-18-15;/h4-7,12,14-15,18H,8-10H2,1-3H3,(H,19,20);1H/t12-,14?,15+;/m1./s1. The molecule has 3 atom stereocenters. The topological polar surface area (TPSA) is 76.7 Å². The van der Waals surface area contributed by atoms with Gasteiger partial charge in [-0.3, -0.25) is 9.59 Å². The van der Waals surface area contributed by atoms with E-state index in [1.54, 1.807) is 0 Å². The fourth-order valence-corrected chi connectivity index (χ4v) is 2.62. The summed E-state index contributed by atoms with van der Waals surface area (Å²) in [7, 11) is 1.35. The number of benzene rings is 1. The molecule has 0 aliphatic carbocycles. The number of methoxy groups -OCH3 is 1. The van der Waals surface area contributed by atoms with E-state index in [9.17, 15) is 9.59 Å². The first-order chi connectivity index (χ1) is 11.0. The van der Waals surface area contributed by atoms with Gasteiger partial charge in [-0.25, -0.2) is 0 Å². The van der Waals surface area contributed by atoms with Crippen LogP contribution in [0.3, 0.4) is 0 Å². The van der Waals surface area contributed by atoms with Crippen LogP contribution in [0.5, 0.6) is 0 Å². The number of morpholine rings is 1. The Bertz CT molecular complexity index is 550. The maximum atomic E-state index is 12.3. The molecule has 1 heterocycles. The number of amides is 1. The first-order valence-corrected chi connectivity index (χ1v) is 7.80. The van der Waals surface area contributed by atoms with Crippen LogP contribution in [-0.4, -0.2) is 50.8 Å². The summed E-state index contributed by atoms with van der Waals surface area (Å²) in [6, 6.07) is 7.23. The van der Waals surface area contributed by atoms with Crippen molar-refractivity contribution in [1.29, 1.82) is 0 Å². The van der Waals surface area contributed by atoms with E-state index >= 15 is 0 Å². The van der Waals surface area contributed by atoms with E-state index in [2.05, 4.69) is 10.6 Å². The van der Waals surface area contributed by atoms with Gasteiger partial charge < -0.3 is 20.1 Å². The smallest absolute Gasteiger partial charge is 0.314 e. The molecule has 2 rings (SSSR count). The third-order valence-corrected chi connectivity index (χ3v) is 4.04. The quantitative estimate of drug-likeness (QED) is 0.774. The molecule has 0 radical (unpaired) electrons. The Morgan fingerprint density at radius 2 is 2.04 bits per heavy atom. The van der Waals surface area contributed by atoms with E-state index in [4.69, 9.17) is 9.47 Å². The minimum atomic E-state index is -0.524. The summed E-state index contributed by atoms with van der Waals surface area (Å²) in [6.45, 7) is 5.27. The molecule has 1 fully saturated rings. The summed E-state index contributed by atoms with van der Waals surface area (Å²) in [4.78, 5) is 24.3. The third-order valence-electron chi connectivity index (χ3n) is 4.04. The van der Waals surface area contributed by atoms with E-state index in [1.165, 1.54) is 7.11 Å². The zero-order chi connectivity index (χ0) is 16.8. The lowest BCUT2D eigenvalue weighted by Crippen LogP contribution is -2.56. The van der Waals surface area contributed by atoms with E-state index in [0.29, 0.717) is 13.2 Å². The van der Waals surface area contributed by atoms with Gasteiger partial charge in [-0.05, 0) is 19.4 Å². The zero-order valence-electron chi connectivity index (χ0n) is 14.2. The summed E-state index contributed by atoms with van der Waals surface area (Å²) in [6.07, 6.45) is -0.195. The van der Waals surface area contributed by atoms with Crippen molar-refractivity contribution in [3.63, 3.8) is 0 Å². The van der Waals surface area contributed by atoms with Crippen LogP contribution in [0.1, 0.15) is 24.0 Å². The Hall–Kier alpha value is -1.63. The molecule has 2 N–H and O–H groups in total. The van der Waals surface area contributed by atoms with Gasteiger partial charge in [0.15, 0.2) is 0 Å². The van der Waals surface area contributed by atoms with Gasteiger partial charge in [-0.15, -0.1) is 12.4 Å². The summed E-state index contributed by atoms with van der Waals surface area (Å²) in [5, 5.41) is 5.96. The van der Waals surface area contributed by atoms with Crippen molar-refractivity contribution in [2.75, 3.05) is 26.8 Å². The average molecular weight is 357 g/mol. The van der Waals surface area contributed by atoms with Crippen LogP contribution >= 0.6 is 12.4 Å². The first kappa shape index (κ1) is 20.4. The molecule has 0 bridgehead atoms. The number of hydrogen-bond acceptors (Lipinski definition) is 5. The second-order valence-electron chi connectivity index (χ2n) is 5.74. The van der Waals surface area contributed by atoms with Crippen molar-refractivity contribution >= 4 is 24.3 Å². The molecule has 134 valence electrons. The van der Waals surface area contributed by atoms with E-state index in [1.807, 2.05) is 38.1 Å². The van der Waals surface area contributed by atoms with Gasteiger partial charge >= 0.3 is 5.97 Å². The molecule has 0 saturated carbocycles. The van der Waals surface area contributed by atoms with Crippen molar-refractivity contribution < 1.29 is 19.1 Å². The lowest BCUT2D eigenvalue weighted by Gasteiger charge is -2.29. The molecule has 24 heavy (non-hydrogen) atoms. The second-order valence-corrected chi connectivity index (χ2v) is 5.74. The fraction of sp³-hybridized carbons (Fsp3) is 0.529. The molecular weight excluding hydrogens is 332 g/mol. The minimum Gasteiger partial charge on any atom is -0.468 e. The van der Waals surface area contributed by atoms with Crippen LogP contribution < -0.4 is 10.6 Å². The van der Waals surface area contributed by atoms with Crippen LogP contribution in [0, 0.1) is 6.92 Å². The molecule has 6 nitrogen and oxygen atoms in total. The number of halogens is 1. The number of hydrogen-bond donors (Lipinski definition) is 2. The predicted molar refractivity (Wildman–Crippen MR) is 93.4 cm³/mol. The predicted octanol–water partition coefficient (Wildman–Crippen LogP) is 1.17. The number of carbonyl (C=O) groups is 2. The van der Waals surface area contributed by atoms with Crippen molar-refractivity contribution in [3.05, 3.63) is 35.4 Å². The molecule has 1 aromatic carbocycles. The first-order valence-electron chi connectivity index (χ1n) is 7.80. The van der Waals surface area contributed by atoms with Crippen molar-refractivity contribution in [2.24, 2.45) is 0 Å². The summed E-state index contributed by atoms with van der Waals surface area (Å²) in [5.41, 5.74) is 1.93. The Kier molecular flexibility index (Phi) is 8.18. The third kappa shape index (κ3) is 5.19. The lowest BCUT2D eigenvalue weighted by molar-refractivity contribution is -0.142. The highest BCUT2D eigenvalue weighted by molar-refractivity contribution is 5.85. The van der Waals surface area contributed by atoms with Gasteiger partial charge in [0.2, 0.25) is 5.91 Å². The largest absolute Gasteiger partial charge is 0.468 e. The molecule has 1 saturated heterocycles. The van der Waals surface area contributed by atoms with Crippen LogP contribution in [0.4, 0.5) is 0 Å². The normalized spacial score (nSPS) is 21.3. The molecule has 1 amide bonds. The Morgan fingerprint density at radius 3 is 2.62 bits per heavy atom. The van der Waals surface area contributed by atoms with Gasteiger partial charge in [-0.1, -0.05) is 29.8 Å². The molecular formula is C17H25ClN2O4. The van der Waals surface area contributed by atoms with Gasteiger partial charge in [0.1, 0.15) is 6.04 Å². The summed E-state index contributed by atoms with van der Waals surface area (Å²) >= 11 is 0. The van der Waals surface area contributed by atoms with Gasteiger partial charge in [-0.2, -0.15) is 0 Å². The summed E-state index contributed by atoms with van der Waals surface area (Å²) in [5.74, 6) is -1.06. The molecule has 0 aromatic heterocycles. The van der Waals surface area contributed by atoms with E-state index in [-0.39, 0.29) is 36.9 Å². The molecule has 1 aromatic rings. The average Bonchev–Trinajstić information content (AvgIpc) is 2.56. The number of rotatable bonds is 5. The lowest BCUT2D eigenvalue weighted by atomic mass is 9.98. The Labute approximate surface area is 148 Å². The molecule has 7 heteroatoms. The molecule has 1 aliphatic rings. The molecule has 1 aliphatic heterocycles. The highest BCUT2D eigenvalue weighted by atomic mass is 35.5. The van der Waals surface area contributed by atoms with Crippen molar-refractivity contribution in [2.45, 2.75) is 31.9 Å². The second kappa shape index (κ2) is 9.61. The van der Waals surface area contributed by atoms with Crippen LogP contribution in [0.2, 0.25) is 0 Å². The monoisotopic (exact) mass is 356 g/mol. The SMILES string of the molecule is COC(=O)C(CNC(=O)[C@H]1NCCO[C@@H]1C)c1ccc(C)cc1.Cl. The number of carbonyl (C=O) groups excluding carboxylic acids is 2.